The average Bonchev–Trinajstić information content (AvgIpc) is 3.37. The summed E-state index contributed by atoms with van der Waals surface area (Å²) in [7, 11) is 0. The van der Waals surface area contributed by atoms with E-state index in [1.165, 1.54) is 0 Å². The number of aromatic nitrogens is 6. The molecule has 0 saturated heterocycles. The second kappa shape index (κ2) is 7.48. The number of halogens is 1. The van der Waals surface area contributed by atoms with E-state index < -0.39 is 0 Å². The first kappa shape index (κ1) is 17.6. The zero-order valence-corrected chi connectivity index (χ0v) is 16.2. The van der Waals surface area contributed by atoms with E-state index in [1.54, 1.807) is 0 Å². The van der Waals surface area contributed by atoms with Crippen molar-refractivity contribution < 1.29 is 0 Å². The Morgan fingerprint density at radius 2 is 1.69 bits per heavy atom. The molecule has 0 atom stereocenters. The molecule has 142 valence electrons. The van der Waals surface area contributed by atoms with E-state index in [1.807, 2.05) is 41.0 Å². The van der Waals surface area contributed by atoms with Gasteiger partial charge in [0, 0.05) is 6.42 Å². The molecule has 0 unspecified atom stereocenters. The molecule has 0 amide bonds. The van der Waals surface area contributed by atoms with Gasteiger partial charge >= 0.3 is 0 Å². The highest BCUT2D eigenvalue weighted by Gasteiger charge is 2.10. The normalized spacial score (nSPS) is 11.2. The lowest BCUT2D eigenvalue weighted by molar-refractivity contribution is 0.826. The Morgan fingerprint density at radius 3 is 2.52 bits per heavy atom. The summed E-state index contributed by atoms with van der Waals surface area (Å²) in [4.78, 5) is 4.43. The molecular formula is C22H17ClN6. The highest BCUT2D eigenvalue weighted by Crippen LogP contribution is 2.26. The maximum atomic E-state index is 6.37. The van der Waals surface area contributed by atoms with Gasteiger partial charge in [-0.2, -0.15) is 5.21 Å². The molecule has 0 spiro atoms. The Kier molecular flexibility index (Phi) is 4.54. The minimum Gasteiger partial charge on any atom is -0.310 e. The Morgan fingerprint density at radius 1 is 0.897 bits per heavy atom. The summed E-state index contributed by atoms with van der Waals surface area (Å²) in [5.74, 6) is 0.677. The molecule has 5 rings (SSSR count). The van der Waals surface area contributed by atoms with Crippen LogP contribution in [0.25, 0.3) is 22.2 Å². The zero-order chi connectivity index (χ0) is 19.6. The minimum atomic E-state index is 0.501. The smallest absolute Gasteiger partial charge is 0.204 e. The average molecular weight is 401 g/mol. The molecule has 7 heteroatoms. The largest absolute Gasteiger partial charge is 0.310 e. The fraction of sp³-hybridized carbons (Fsp3) is 0.0909. The molecule has 1 N–H and O–H groups in total. The Labute approximate surface area is 172 Å². The van der Waals surface area contributed by atoms with Gasteiger partial charge in [0.25, 0.3) is 0 Å². The number of rotatable bonds is 5. The van der Waals surface area contributed by atoms with Gasteiger partial charge in [-0.3, -0.25) is 0 Å². The predicted octanol–water partition coefficient (Wildman–Crippen LogP) is 4.51. The van der Waals surface area contributed by atoms with Gasteiger partial charge in [-0.15, -0.1) is 10.2 Å². The highest BCUT2D eigenvalue weighted by atomic mass is 35.5. The maximum Gasteiger partial charge on any atom is 0.204 e. The van der Waals surface area contributed by atoms with Crippen LogP contribution in [0.1, 0.15) is 17.0 Å². The van der Waals surface area contributed by atoms with Gasteiger partial charge < -0.3 is 4.57 Å². The number of hydrogen-bond donors (Lipinski definition) is 1. The number of nitrogens with zero attached hydrogens (tertiary/aromatic N) is 5. The van der Waals surface area contributed by atoms with Crippen LogP contribution < -0.4 is 0 Å². The Bertz CT molecular complexity index is 1260. The van der Waals surface area contributed by atoms with Crippen LogP contribution in [0.5, 0.6) is 0 Å². The van der Waals surface area contributed by atoms with Gasteiger partial charge in [0.2, 0.25) is 5.28 Å². The number of tetrazole rings is 1. The van der Waals surface area contributed by atoms with Crippen molar-refractivity contribution in [1.29, 1.82) is 0 Å². The Balaban J connectivity index is 1.43. The van der Waals surface area contributed by atoms with Gasteiger partial charge in [-0.1, -0.05) is 65.9 Å². The van der Waals surface area contributed by atoms with Crippen LogP contribution in [-0.2, 0) is 13.0 Å². The molecule has 29 heavy (non-hydrogen) atoms. The predicted molar refractivity (Wildman–Crippen MR) is 113 cm³/mol. The number of aromatic amines is 1. The summed E-state index contributed by atoms with van der Waals surface area (Å²) >= 11 is 6.37. The number of imidazole rings is 1. The van der Waals surface area contributed by atoms with E-state index in [0.29, 0.717) is 24.1 Å². The molecule has 0 bridgehead atoms. The van der Waals surface area contributed by atoms with Gasteiger partial charge in [-0.25, -0.2) is 4.98 Å². The molecule has 0 aliphatic heterocycles. The molecule has 0 aliphatic carbocycles. The SMILES string of the molecule is Clc1nc2ccccc2n1Cc1ccc(-c2ccccc2Cc2nn[nH]n2)cc1. The van der Waals surface area contributed by atoms with Crippen LogP contribution in [0, 0.1) is 0 Å². The maximum absolute atomic E-state index is 6.37. The molecule has 2 aromatic heterocycles. The summed E-state index contributed by atoms with van der Waals surface area (Å²) in [5.41, 5.74) is 6.57. The first-order chi connectivity index (χ1) is 14.3. The first-order valence-electron chi connectivity index (χ1n) is 9.28. The standard InChI is InChI=1S/C22H17ClN6/c23-22-24-19-7-3-4-8-20(19)29(22)14-15-9-11-16(12-10-15)18-6-2-1-5-17(18)13-21-25-27-28-26-21/h1-12H,13-14H2,(H,25,26,27,28). The van der Waals surface area contributed by atoms with E-state index in [4.69, 9.17) is 11.6 Å². The lowest BCUT2D eigenvalue weighted by Gasteiger charge is -2.10. The molecule has 2 heterocycles. The monoisotopic (exact) mass is 400 g/mol. The molecule has 3 aromatic carbocycles. The summed E-state index contributed by atoms with van der Waals surface area (Å²) < 4.78 is 2.02. The molecule has 0 saturated carbocycles. The van der Waals surface area contributed by atoms with E-state index in [9.17, 15) is 0 Å². The van der Waals surface area contributed by atoms with Crippen molar-refractivity contribution in [3.8, 4) is 11.1 Å². The summed E-state index contributed by atoms with van der Waals surface area (Å²) in [5, 5.41) is 14.8. The fourth-order valence-electron chi connectivity index (χ4n) is 3.55. The van der Waals surface area contributed by atoms with E-state index >= 15 is 0 Å². The van der Waals surface area contributed by atoms with Crippen LogP contribution in [0.4, 0.5) is 0 Å². The second-order valence-electron chi connectivity index (χ2n) is 6.81. The minimum absolute atomic E-state index is 0.501. The van der Waals surface area contributed by atoms with E-state index in [0.717, 1.165) is 33.3 Å². The lowest BCUT2D eigenvalue weighted by atomic mass is 9.97. The van der Waals surface area contributed by atoms with Crippen LogP contribution in [0.2, 0.25) is 5.28 Å². The molecule has 6 nitrogen and oxygen atoms in total. The van der Waals surface area contributed by atoms with Crippen LogP contribution >= 0.6 is 11.6 Å². The first-order valence-corrected chi connectivity index (χ1v) is 9.66. The van der Waals surface area contributed by atoms with Crippen molar-refractivity contribution in [2.24, 2.45) is 0 Å². The van der Waals surface area contributed by atoms with Crippen molar-refractivity contribution >= 4 is 22.6 Å². The van der Waals surface area contributed by atoms with Crippen molar-refractivity contribution in [2.45, 2.75) is 13.0 Å². The molecule has 5 aromatic rings. The summed E-state index contributed by atoms with van der Waals surface area (Å²) in [6.45, 7) is 0.671. The number of hydrogen-bond acceptors (Lipinski definition) is 4. The molecule has 0 fully saturated rings. The number of H-pyrrole nitrogens is 1. The quantitative estimate of drug-likeness (QED) is 0.471. The third-order valence-corrected chi connectivity index (χ3v) is 5.26. The van der Waals surface area contributed by atoms with E-state index in [-0.39, 0.29) is 0 Å². The van der Waals surface area contributed by atoms with Crippen molar-refractivity contribution in [3.05, 3.63) is 95.0 Å². The topological polar surface area (TPSA) is 72.3 Å². The van der Waals surface area contributed by atoms with Gasteiger partial charge in [0.15, 0.2) is 5.82 Å². The van der Waals surface area contributed by atoms with Crippen molar-refractivity contribution in [2.75, 3.05) is 0 Å². The second-order valence-corrected chi connectivity index (χ2v) is 7.15. The van der Waals surface area contributed by atoms with Crippen LogP contribution in [0.3, 0.4) is 0 Å². The molecule has 0 radical (unpaired) electrons. The fourth-order valence-corrected chi connectivity index (χ4v) is 3.79. The lowest BCUT2D eigenvalue weighted by Crippen LogP contribution is -2.00. The number of para-hydroxylation sites is 2. The van der Waals surface area contributed by atoms with Crippen LogP contribution in [-0.4, -0.2) is 30.2 Å². The molecular weight excluding hydrogens is 384 g/mol. The Hall–Kier alpha value is -3.51. The van der Waals surface area contributed by atoms with Crippen LogP contribution in [0.15, 0.2) is 72.8 Å². The zero-order valence-electron chi connectivity index (χ0n) is 15.5. The highest BCUT2D eigenvalue weighted by molar-refractivity contribution is 6.29. The van der Waals surface area contributed by atoms with E-state index in [2.05, 4.69) is 62.0 Å². The molecule has 0 aliphatic rings. The van der Waals surface area contributed by atoms with Gasteiger partial charge in [0.1, 0.15) is 0 Å². The number of fused-ring (bicyclic) bond motifs is 1. The summed E-state index contributed by atoms with van der Waals surface area (Å²) in [6.07, 6.45) is 0.630. The van der Waals surface area contributed by atoms with Crippen molar-refractivity contribution in [1.82, 2.24) is 30.2 Å². The van der Waals surface area contributed by atoms with Gasteiger partial charge in [-0.05, 0) is 46.0 Å². The third-order valence-electron chi connectivity index (χ3n) is 4.97. The van der Waals surface area contributed by atoms with Crippen molar-refractivity contribution in [3.63, 3.8) is 0 Å². The summed E-state index contributed by atoms with van der Waals surface area (Å²) in [6, 6.07) is 24.8. The number of benzene rings is 3. The third kappa shape index (κ3) is 3.50. The number of nitrogens with one attached hydrogen (secondary N) is 1. The van der Waals surface area contributed by atoms with Gasteiger partial charge in [0.05, 0.1) is 17.6 Å².